The molecule has 0 spiro atoms. The maximum atomic E-state index is 12.0. The van der Waals surface area contributed by atoms with E-state index in [1.165, 1.54) is 5.56 Å². The minimum absolute atomic E-state index is 0.214. The minimum Gasteiger partial charge on any atom is -0.461 e. The molecule has 0 aliphatic heterocycles. The van der Waals surface area contributed by atoms with Crippen LogP contribution in [0.3, 0.4) is 0 Å². The average Bonchev–Trinajstić information content (AvgIpc) is 2.97. The Balaban J connectivity index is 2.21. The summed E-state index contributed by atoms with van der Waals surface area (Å²) in [7, 11) is 0. The number of fused-ring (bicyclic) bond motifs is 1. The van der Waals surface area contributed by atoms with Crippen molar-refractivity contribution in [1.29, 1.82) is 0 Å². The van der Waals surface area contributed by atoms with Crippen molar-refractivity contribution in [3.05, 3.63) is 47.7 Å². The zero-order valence-corrected chi connectivity index (χ0v) is 11.9. The van der Waals surface area contributed by atoms with Crippen LogP contribution in [0.4, 0.5) is 0 Å². The van der Waals surface area contributed by atoms with Gasteiger partial charge in [0.2, 0.25) is 0 Å². The minimum atomic E-state index is -0.467. The van der Waals surface area contributed by atoms with E-state index in [-0.39, 0.29) is 5.69 Å². The van der Waals surface area contributed by atoms with Crippen LogP contribution in [0, 0.1) is 6.92 Å². The van der Waals surface area contributed by atoms with Crippen LogP contribution in [0.2, 0.25) is 0 Å². The highest BCUT2D eigenvalue weighted by Crippen LogP contribution is 2.30. The Bertz CT molecular complexity index is 808. The summed E-state index contributed by atoms with van der Waals surface area (Å²) in [6.45, 7) is 4.12. The molecular weight excluding hydrogens is 266 g/mol. The molecule has 2 aromatic carbocycles. The van der Waals surface area contributed by atoms with Gasteiger partial charge in [-0.2, -0.15) is 10.3 Å². The van der Waals surface area contributed by atoms with E-state index < -0.39 is 5.97 Å². The highest BCUT2D eigenvalue weighted by Gasteiger charge is 2.20. The number of hydrogen-bond donors (Lipinski definition) is 1. The first-order valence-electron chi connectivity index (χ1n) is 6.79. The molecule has 1 aromatic heterocycles. The first-order chi connectivity index (χ1) is 10.2. The second-order valence-electron chi connectivity index (χ2n) is 4.72. The number of aryl methyl sites for hydroxylation is 1. The number of nitrogens with zero attached hydrogens (tertiary/aromatic N) is 2. The lowest BCUT2D eigenvalue weighted by atomic mass is 9.98. The molecule has 0 amide bonds. The molecule has 0 unspecified atom stereocenters. The van der Waals surface area contributed by atoms with Crippen LogP contribution in [-0.4, -0.2) is 28.0 Å². The maximum Gasteiger partial charge on any atom is 0.361 e. The molecule has 3 aromatic rings. The van der Waals surface area contributed by atoms with Crippen molar-refractivity contribution in [1.82, 2.24) is 15.4 Å². The van der Waals surface area contributed by atoms with Crippen molar-refractivity contribution in [3.63, 3.8) is 0 Å². The third kappa shape index (κ3) is 2.27. The number of hydrogen-bond acceptors (Lipinski definition) is 4. The summed E-state index contributed by atoms with van der Waals surface area (Å²) in [6, 6.07) is 12.0. The number of aromatic amines is 1. The van der Waals surface area contributed by atoms with Crippen molar-refractivity contribution in [3.8, 4) is 11.3 Å². The molecule has 1 N–H and O–H groups in total. The van der Waals surface area contributed by atoms with E-state index in [0.29, 0.717) is 12.3 Å². The van der Waals surface area contributed by atoms with Gasteiger partial charge in [0.05, 0.1) is 6.61 Å². The second kappa shape index (κ2) is 5.36. The normalized spacial score (nSPS) is 10.8. The zero-order valence-electron chi connectivity index (χ0n) is 11.9. The molecule has 0 aliphatic rings. The highest BCUT2D eigenvalue weighted by atomic mass is 16.5. The van der Waals surface area contributed by atoms with Gasteiger partial charge in [-0.05, 0) is 30.2 Å². The number of aromatic nitrogens is 3. The smallest absolute Gasteiger partial charge is 0.361 e. The van der Waals surface area contributed by atoms with E-state index >= 15 is 0 Å². The molecule has 0 saturated heterocycles. The standard InChI is InChI=1S/C16H15N3O2/c1-3-21-16(20)15-14(17-19-18-15)13-9-8-10(2)11-6-4-5-7-12(11)13/h4-9H,3H2,1-2H3,(H,17,18,19). The maximum absolute atomic E-state index is 12.0. The van der Waals surface area contributed by atoms with E-state index in [2.05, 4.69) is 28.4 Å². The predicted octanol–water partition coefficient (Wildman–Crippen LogP) is 3.11. The van der Waals surface area contributed by atoms with Crippen LogP contribution in [0.1, 0.15) is 23.0 Å². The molecule has 5 heteroatoms. The van der Waals surface area contributed by atoms with Gasteiger partial charge in [-0.1, -0.05) is 36.4 Å². The van der Waals surface area contributed by atoms with E-state index in [1.54, 1.807) is 6.92 Å². The number of carbonyl (C=O) groups excluding carboxylic acids is 1. The number of rotatable bonds is 3. The van der Waals surface area contributed by atoms with Crippen LogP contribution in [0.5, 0.6) is 0 Å². The Morgan fingerprint density at radius 3 is 2.67 bits per heavy atom. The van der Waals surface area contributed by atoms with Crippen LogP contribution in [0.25, 0.3) is 22.0 Å². The molecule has 0 radical (unpaired) electrons. The van der Waals surface area contributed by atoms with Gasteiger partial charge < -0.3 is 4.74 Å². The predicted molar refractivity (Wildman–Crippen MR) is 80.0 cm³/mol. The third-order valence-corrected chi connectivity index (χ3v) is 3.41. The molecule has 0 bridgehead atoms. The summed E-state index contributed by atoms with van der Waals surface area (Å²) in [6.07, 6.45) is 0. The number of carbonyl (C=O) groups is 1. The average molecular weight is 281 g/mol. The van der Waals surface area contributed by atoms with Crippen molar-refractivity contribution in [2.45, 2.75) is 13.8 Å². The molecule has 106 valence electrons. The lowest BCUT2D eigenvalue weighted by molar-refractivity contribution is 0.0520. The summed E-state index contributed by atoms with van der Waals surface area (Å²) in [5.41, 5.74) is 2.78. The zero-order chi connectivity index (χ0) is 14.8. The Hall–Kier alpha value is -2.69. The van der Waals surface area contributed by atoms with Gasteiger partial charge in [-0.15, -0.1) is 5.10 Å². The van der Waals surface area contributed by atoms with Crippen LogP contribution in [-0.2, 0) is 4.74 Å². The SMILES string of the molecule is CCOC(=O)c1n[nH]nc1-c1ccc(C)c2ccccc12. The fourth-order valence-electron chi connectivity index (χ4n) is 2.42. The highest BCUT2D eigenvalue weighted by molar-refractivity contribution is 6.02. The van der Waals surface area contributed by atoms with Gasteiger partial charge in [0.1, 0.15) is 5.69 Å². The lowest BCUT2D eigenvalue weighted by Gasteiger charge is -2.08. The Kier molecular flexibility index (Phi) is 3.39. The molecule has 0 fully saturated rings. The first-order valence-corrected chi connectivity index (χ1v) is 6.79. The molecule has 1 heterocycles. The first kappa shape index (κ1) is 13.3. The van der Waals surface area contributed by atoms with E-state index in [1.807, 2.05) is 30.3 Å². The van der Waals surface area contributed by atoms with E-state index in [9.17, 15) is 4.79 Å². The fraction of sp³-hybridized carbons (Fsp3) is 0.188. The largest absolute Gasteiger partial charge is 0.461 e. The number of H-pyrrole nitrogens is 1. The number of benzene rings is 2. The van der Waals surface area contributed by atoms with E-state index in [4.69, 9.17) is 4.74 Å². The summed E-state index contributed by atoms with van der Waals surface area (Å²) in [5, 5.41) is 12.7. The van der Waals surface area contributed by atoms with Gasteiger partial charge in [0, 0.05) is 5.56 Å². The van der Waals surface area contributed by atoms with Gasteiger partial charge in [-0.3, -0.25) is 0 Å². The van der Waals surface area contributed by atoms with Crippen molar-refractivity contribution >= 4 is 16.7 Å². The van der Waals surface area contributed by atoms with Crippen molar-refractivity contribution in [2.75, 3.05) is 6.61 Å². The van der Waals surface area contributed by atoms with Gasteiger partial charge >= 0.3 is 5.97 Å². The molecule has 0 aliphatic carbocycles. The summed E-state index contributed by atoms with van der Waals surface area (Å²) < 4.78 is 5.02. The van der Waals surface area contributed by atoms with Crippen LogP contribution < -0.4 is 0 Å². The van der Waals surface area contributed by atoms with Gasteiger partial charge in [0.25, 0.3) is 0 Å². The molecule has 0 atom stereocenters. The molecule has 3 rings (SSSR count). The quantitative estimate of drug-likeness (QED) is 0.749. The summed E-state index contributed by atoms with van der Waals surface area (Å²) in [5.74, 6) is -0.467. The topological polar surface area (TPSA) is 67.9 Å². The third-order valence-electron chi connectivity index (χ3n) is 3.41. The lowest BCUT2D eigenvalue weighted by Crippen LogP contribution is -2.06. The van der Waals surface area contributed by atoms with Gasteiger partial charge in [-0.25, -0.2) is 4.79 Å². The number of esters is 1. The fourth-order valence-corrected chi connectivity index (χ4v) is 2.42. The molecule has 21 heavy (non-hydrogen) atoms. The van der Waals surface area contributed by atoms with Crippen LogP contribution in [0.15, 0.2) is 36.4 Å². The Labute approximate surface area is 121 Å². The van der Waals surface area contributed by atoms with Gasteiger partial charge in [0.15, 0.2) is 5.69 Å². The number of ether oxygens (including phenoxy) is 1. The second-order valence-corrected chi connectivity index (χ2v) is 4.72. The molecule has 5 nitrogen and oxygen atoms in total. The summed E-state index contributed by atoms with van der Waals surface area (Å²) in [4.78, 5) is 12.0. The molecule has 0 saturated carbocycles. The Morgan fingerprint density at radius 2 is 1.90 bits per heavy atom. The van der Waals surface area contributed by atoms with Crippen molar-refractivity contribution in [2.24, 2.45) is 0 Å². The summed E-state index contributed by atoms with van der Waals surface area (Å²) >= 11 is 0. The number of nitrogens with one attached hydrogen (secondary N) is 1. The Morgan fingerprint density at radius 1 is 1.14 bits per heavy atom. The van der Waals surface area contributed by atoms with Crippen molar-refractivity contribution < 1.29 is 9.53 Å². The van der Waals surface area contributed by atoms with Crippen LogP contribution >= 0.6 is 0 Å². The monoisotopic (exact) mass is 281 g/mol. The van der Waals surface area contributed by atoms with E-state index in [0.717, 1.165) is 16.3 Å². The molecular formula is C16H15N3O2.